The van der Waals surface area contributed by atoms with E-state index in [4.69, 9.17) is 19.9 Å². The van der Waals surface area contributed by atoms with E-state index in [2.05, 4.69) is 10.3 Å². The van der Waals surface area contributed by atoms with Crippen molar-refractivity contribution >= 4 is 29.9 Å². The van der Waals surface area contributed by atoms with Gasteiger partial charge in [-0.05, 0) is 25.5 Å². The Morgan fingerprint density at radius 3 is 2.74 bits per heavy atom. The summed E-state index contributed by atoms with van der Waals surface area (Å²) in [7, 11) is 1.64. The molecule has 7 heteroatoms. The zero-order valence-electron chi connectivity index (χ0n) is 13.9. The molecule has 0 amide bonds. The number of rotatable bonds is 11. The van der Waals surface area contributed by atoms with Crippen LogP contribution in [-0.2, 0) is 4.74 Å². The first kappa shape index (κ1) is 21.8. The third kappa shape index (κ3) is 11.0. The summed E-state index contributed by atoms with van der Waals surface area (Å²) in [5.41, 5.74) is 5.76. The lowest BCUT2D eigenvalue weighted by atomic mass is 10.3. The Balaban J connectivity index is 0.00000484. The van der Waals surface area contributed by atoms with Gasteiger partial charge >= 0.3 is 0 Å². The van der Waals surface area contributed by atoms with Gasteiger partial charge in [0, 0.05) is 38.8 Å². The third-order valence-corrected chi connectivity index (χ3v) is 2.87. The van der Waals surface area contributed by atoms with Crippen LogP contribution in [0.3, 0.4) is 0 Å². The predicted molar refractivity (Wildman–Crippen MR) is 104 cm³/mol. The number of hydrogen-bond donors (Lipinski definition) is 2. The van der Waals surface area contributed by atoms with Crippen LogP contribution in [-0.4, -0.2) is 46.0 Å². The molecule has 0 aliphatic rings. The Bertz CT molecular complexity index is 444. The van der Waals surface area contributed by atoms with Gasteiger partial charge in [-0.1, -0.05) is 6.07 Å². The first-order valence-corrected chi connectivity index (χ1v) is 7.64. The zero-order valence-corrected chi connectivity index (χ0v) is 16.2. The molecule has 3 N–H and O–H groups in total. The van der Waals surface area contributed by atoms with Crippen LogP contribution in [0.25, 0.3) is 0 Å². The number of guanidine groups is 1. The molecule has 1 rings (SSSR count). The molecule has 0 fully saturated rings. The standard InChI is InChI=1S/C16H27N3O3.HI/c1-3-21-11-5-9-18-16(17)19-10-6-12-22-15-8-4-7-14(13-15)20-2;/h4,7-8,13H,3,5-6,9-12H2,1-2H3,(H3,17,18,19);1H. The lowest BCUT2D eigenvalue weighted by molar-refractivity contribution is 0.145. The second kappa shape index (κ2) is 14.4. The second-order valence-corrected chi connectivity index (χ2v) is 4.63. The summed E-state index contributed by atoms with van der Waals surface area (Å²) in [5, 5.41) is 3.06. The molecule has 0 bridgehead atoms. The molecule has 23 heavy (non-hydrogen) atoms. The number of methoxy groups -OCH3 is 1. The van der Waals surface area contributed by atoms with Crippen LogP contribution < -0.4 is 20.5 Å². The quantitative estimate of drug-likeness (QED) is 0.241. The van der Waals surface area contributed by atoms with Crippen molar-refractivity contribution in [2.24, 2.45) is 10.7 Å². The number of nitrogens with one attached hydrogen (secondary N) is 1. The smallest absolute Gasteiger partial charge is 0.188 e. The number of nitrogens with zero attached hydrogens (tertiary/aromatic N) is 1. The summed E-state index contributed by atoms with van der Waals surface area (Å²) in [4.78, 5) is 4.24. The van der Waals surface area contributed by atoms with Crippen LogP contribution in [0.2, 0.25) is 0 Å². The predicted octanol–water partition coefficient (Wildman–Crippen LogP) is 2.41. The lowest BCUT2D eigenvalue weighted by Gasteiger charge is -2.07. The van der Waals surface area contributed by atoms with Gasteiger partial charge in [-0.15, -0.1) is 24.0 Å². The molecule has 1 aromatic rings. The second-order valence-electron chi connectivity index (χ2n) is 4.63. The van der Waals surface area contributed by atoms with Gasteiger partial charge in [-0.25, -0.2) is 0 Å². The number of ether oxygens (including phenoxy) is 3. The van der Waals surface area contributed by atoms with E-state index in [1.165, 1.54) is 0 Å². The molecule has 0 aliphatic heterocycles. The SMILES string of the molecule is CCOCCCNC(N)=NCCCOc1cccc(OC)c1.I. The average molecular weight is 437 g/mol. The number of hydrogen-bond acceptors (Lipinski definition) is 4. The van der Waals surface area contributed by atoms with Crippen molar-refractivity contribution in [2.45, 2.75) is 19.8 Å². The van der Waals surface area contributed by atoms with Crippen LogP contribution in [0.15, 0.2) is 29.3 Å². The van der Waals surface area contributed by atoms with Gasteiger partial charge in [0.2, 0.25) is 0 Å². The van der Waals surface area contributed by atoms with Gasteiger partial charge < -0.3 is 25.3 Å². The molecule has 0 aromatic heterocycles. The normalized spacial score (nSPS) is 10.8. The van der Waals surface area contributed by atoms with Gasteiger partial charge in [-0.3, -0.25) is 4.99 Å². The topological polar surface area (TPSA) is 78.1 Å². The fraction of sp³-hybridized carbons (Fsp3) is 0.562. The molecule has 0 unspecified atom stereocenters. The molecule has 1 aromatic carbocycles. The fourth-order valence-electron chi connectivity index (χ4n) is 1.74. The molecular formula is C16H28IN3O3. The molecular weight excluding hydrogens is 409 g/mol. The van der Waals surface area contributed by atoms with Crippen LogP contribution in [0, 0.1) is 0 Å². The Morgan fingerprint density at radius 1 is 1.22 bits per heavy atom. The number of benzene rings is 1. The molecule has 0 spiro atoms. The van der Waals surface area contributed by atoms with E-state index in [1.54, 1.807) is 7.11 Å². The highest BCUT2D eigenvalue weighted by Gasteiger charge is 1.97. The molecule has 0 saturated carbocycles. The van der Waals surface area contributed by atoms with Gasteiger partial charge in [-0.2, -0.15) is 0 Å². The highest BCUT2D eigenvalue weighted by atomic mass is 127. The Kier molecular flexibility index (Phi) is 13.6. The summed E-state index contributed by atoms with van der Waals surface area (Å²) in [6.07, 6.45) is 1.72. The van der Waals surface area contributed by atoms with Crippen LogP contribution in [0.5, 0.6) is 11.5 Å². The van der Waals surface area contributed by atoms with E-state index in [0.29, 0.717) is 19.1 Å². The number of halogens is 1. The largest absolute Gasteiger partial charge is 0.497 e. The van der Waals surface area contributed by atoms with E-state index in [9.17, 15) is 0 Å². The van der Waals surface area contributed by atoms with Gasteiger partial charge in [0.1, 0.15) is 11.5 Å². The van der Waals surface area contributed by atoms with Gasteiger partial charge in [0.15, 0.2) is 5.96 Å². The zero-order chi connectivity index (χ0) is 16.0. The monoisotopic (exact) mass is 437 g/mol. The minimum absolute atomic E-state index is 0. The maximum absolute atomic E-state index is 5.76. The summed E-state index contributed by atoms with van der Waals surface area (Å²) in [6, 6.07) is 7.54. The van der Waals surface area contributed by atoms with Crippen molar-refractivity contribution in [3.05, 3.63) is 24.3 Å². The number of aliphatic imine (C=N–C) groups is 1. The molecule has 132 valence electrons. The summed E-state index contributed by atoms with van der Waals surface area (Å²) < 4.78 is 16.0. The first-order valence-electron chi connectivity index (χ1n) is 7.64. The average Bonchev–Trinajstić information content (AvgIpc) is 2.54. The molecule has 0 heterocycles. The van der Waals surface area contributed by atoms with Gasteiger partial charge in [0.05, 0.1) is 13.7 Å². The Labute approximate surface area is 155 Å². The van der Waals surface area contributed by atoms with Crippen molar-refractivity contribution in [2.75, 3.05) is 40.0 Å². The lowest BCUT2D eigenvalue weighted by Crippen LogP contribution is -2.33. The summed E-state index contributed by atoms with van der Waals surface area (Å²) >= 11 is 0. The van der Waals surface area contributed by atoms with Crippen molar-refractivity contribution in [1.82, 2.24) is 5.32 Å². The summed E-state index contributed by atoms with van der Waals surface area (Å²) in [5.74, 6) is 2.05. The molecule has 0 aliphatic carbocycles. The Morgan fingerprint density at radius 2 is 2.00 bits per heavy atom. The van der Waals surface area contributed by atoms with E-state index < -0.39 is 0 Å². The minimum atomic E-state index is 0. The van der Waals surface area contributed by atoms with E-state index >= 15 is 0 Å². The highest BCUT2D eigenvalue weighted by Crippen LogP contribution is 2.18. The van der Waals surface area contributed by atoms with Crippen LogP contribution >= 0.6 is 24.0 Å². The van der Waals surface area contributed by atoms with Crippen LogP contribution in [0.1, 0.15) is 19.8 Å². The molecule has 0 radical (unpaired) electrons. The van der Waals surface area contributed by atoms with Crippen LogP contribution in [0.4, 0.5) is 0 Å². The molecule has 0 atom stereocenters. The third-order valence-electron chi connectivity index (χ3n) is 2.87. The molecule has 0 saturated heterocycles. The van der Waals surface area contributed by atoms with E-state index in [1.807, 2.05) is 31.2 Å². The van der Waals surface area contributed by atoms with Crippen molar-refractivity contribution in [3.63, 3.8) is 0 Å². The molecule has 6 nitrogen and oxygen atoms in total. The van der Waals surface area contributed by atoms with E-state index in [0.717, 1.165) is 44.1 Å². The van der Waals surface area contributed by atoms with E-state index in [-0.39, 0.29) is 24.0 Å². The van der Waals surface area contributed by atoms with Crippen molar-refractivity contribution < 1.29 is 14.2 Å². The maximum Gasteiger partial charge on any atom is 0.188 e. The van der Waals surface area contributed by atoms with Gasteiger partial charge in [0.25, 0.3) is 0 Å². The summed E-state index contributed by atoms with van der Waals surface area (Å²) in [6.45, 7) is 5.47. The highest BCUT2D eigenvalue weighted by molar-refractivity contribution is 14.0. The Hall–Kier alpha value is -1.22. The maximum atomic E-state index is 5.76. The van der Waals surface area contributed by atoms with Crippen molar-refractivity contribution in [1.29, 1.82) is 0 Å². The first-order chi connectivity index (χ1) is 10.8. The minimum Gasteiger partial charge on any atom is -0.497 e. The number of nitrogens with two attached hydrogens (primary N) is 1. The van der Waals surface area contributed by atoms with Crippen molar-refractivity contribution in [3.8, 4) is 11.5 Å². The fourth-order valence-corrected chi connectivity index (χ4v) is 1.74.